The van der Waals surface area contributed by atoms with Gasteiger partial charge in [0, 0.05) is 24.0 Å². The van der Waals surface area contributed by atoms with Gasteiger partial charge in [0.25, 0.3) is 5.91 Å². The molecule has 1 N–H and O–H groups in total. The SMILES string of the molecule is Cc1cc(C(=O)O[C@H](C)C(=O)Nc2ccc(F)cc2F)c(C)n1Cc1ccccc1. The van der Waals surface area contributed by atoms with E-state index in [1.54, 1.807) is 6.07 Å². The Balaban J connectivity index is 1.69. The normalized spacial score (nSPS) is 11.8. The van der Waals surface area contributed by atoms with E-state index in [4.69, 9.17) is 4.74 Å². The number of hydrogen-bond donors (Lipinski definition) is 1. The van der Waals surface area contributed by atoms with Gasteiger partial charge in [0.05, 0.1) is 11.3 Å². The number of halogens is 2. The van der Waals surface area contributed by atoms with Gasteiger partial charge in [-0.3, -0.25) is 4.79 Å². The molecule has 0 unspecified atom stereocenters. The van der Waals surface area contributed by atoms with Gasteiger partial charge in [-0.05, 0) is 44.5 Å². The molecule has 5 nitrogen and oxygen atoms in total. The van der Waals surface area contributed by atoms with Crippen molar-refractivity contribution in [3.63, 3.8) is 0 Å². The average Bonchev–Trinajstić information content (AvgIpc) is 2.99. The number of nitrogens with zero attached hydrogens (tertiary/aromatic N) is 1. The third kappa shape index (κ3) is 4.74. The van der Waals surface area contributed by atoms with E-state index in [1.165, 1.54) is 6.92 Å². The lowest BCUT2D eigenvalue weighted by molar-refractivity contribution is -0.123. The molecule has 0 radical (unpaired) electrons. The van der Waals surface area contributed by atoms with Crippen LogP contribution in [0.15, 0.2) is 54.6 Å². The minimum atomic E-state index is -1.17. The van der Waals surface area contributed by atoms with Crippen LogP contribution in [-0.2, 0) is 16.1 Å². The first kappa shape index (κ1) is 21.2. The Kier molecular flexibility index (Phi) is 6.30. The third-order valence-corrected chi connectivity index (χ3v) is 4.82. The van der Waals surface area contributed by atoms with Crippen LogP contribution in [0.25, 0.3) is 0 Å². The second-order valence-electron chi connectivity index (χ2n) is 7.02. The Morgan fingerprint density at radius 3 is 2.43 bits per heavy atom. The number of nitrogens with one attached hydrogen (secondary N) is 1. The van der Waals surface area contributed by atoms with Gasteiger partial charge >= 0.3 is 5.97 Å². The summed E-state index contributed by atoms with van der Waals surface area (Å²) < 4.78 is 34.0. The van der Waals surface area contributed by atoms with Crippen molar-refractivity contribution in [3.05, 3.63) is 88.7 Å². The number of amides is 1. The van der Waals surface area contributed by atoms with Crippen molar-refractivity contribution in [3.8, 4) is 0 Å². The maximum absolute atomic E-state index is 13.7. The summed E-state index contributed by atoms with van der Waals surface area (Å²) in [6.07, 6.45) is -1.17. The highest BCUT2D eigenvalue weighted by atomic mass is 19.1. The fourth-order valence-corrected chi connectivity index (χ4v) is 3.12. The number of rotatable bonds is 6. The maximum Gasteiger partial charge on any atom is 0.340 e. The van der Waals surface area contributed by atoms with Crippen molar-refractivity contribution in [1.29, 1.82) is 0 Å². The van der Waals surface area contributed by atoms with E-state index in [9.17, 15) is 18.4 Å². The first-order valence-electron chi connectivity index (χ1n) is 9.44. The molecule has 0 spiro atoms. The molecule has 1 heterocycles. The summed E-state index contributed by atoms with van der Waals surface area (Å²) in [6, 6.07) is 14.3. The van der Waals surface area contributed by atoms with Crippen LogP contribution in [0, 0.1) is 25.5 Å². The van der Waals surface area contributed by atoms with Crippen LogP contribution < -0.4 is 5.32 Å². The highest BCUT2D eigenvalue weighted by molar-refractivity contribution is 5.97. The summed E-state index contributed by atoms with van der Waals surface area (Å²) in [5.41, 5.74) is 2.86. The molecule has 0 aliphatic rings. The van der Waals surface area contributed by atoms with Crippen LogP contribution in [0.5, 0.6) is 0 Å². The number of ether oxygens (including phenoxy) is 1. The molecule has 0 bridgehead atoms. The molecule has 7 heteroatoms. The molecule has 2 aromatic carbocycles. The zero-order valence-electron chi connectivity index (χ0n) is 16.9. The first-order chi connectivity index (χ1) is 14.3. The topological polar surface area (TPSA) is 60.3 Å². The molecular weight excluding hydrogens is 390 g/mol. The van der Waals surface area contributed by atoms with E-state index in [-0.39, 0.29) is 5.69 Å². The number of carbonyl (C=O) groups excluding carboxylic acids is 2. The van der Waals surface area contributed by atoms with Crippen LogP contribution in [-0.4, -0.2) is 22.5 Å². The quantitative estimate of drug-likeness (QED) is 0.601. The Labute approximate surface area is 173 Å². The Morgan fingerprint density at radius 1 is 1.07 bits per heavy atom. The number of benzene rings is 2. The molecule has 3 rings (SSSR count). The van der Waals surface area contributed by atoms with Crippen molar-refractivity contribution < 1.29 is 23.1 Å². The number of hydrogen-bond acceptors (Lipinski definition) is 3. The van der Waals surface area contributed by atoms with Gasteiger partial charge < -0.3 is 14.6 Å². The highest BCUT2D eigenvalue weighted by Gasteiger charge is 2.23. The number of anilines is 1. The second-order valence-corrected chi connectivity index (χ2v) is 7.02. The van der Waals surface area contributed by atoms with E-state index in [1.807, 2.05) is 48.7 Å². The predicted molar refractivity (Wildman–Crippen MR) is 109 cm³/mol. The number of aryl methyl sites for hydroxylation is 1. The molecule has 0 saturated heterocycles. The minimum Gasteiger partial charge on any atom is -0.449 e. The van der Waals surface area contributed by atoms with Crippen LogP contribution in [0.2, 0.25) is 0 Å². The molecule has 1 atom stereocenters. The zero-order valence-corrected chi connectivity index (χ0v) is 16.9. The first-order valence-corrected chi connectivity index (χ1v) is 9.44. The highest BCUT2D eigenvalue weighted by Crippen LogP contribution is 2.20. The fraction of sp³-hybridized carbons (Fsp3) is 0.217. The van der Waals surface area contributed by atoms with Gasteiger partial charge in [0.15, 0.2) is 6.10 Å². The van der Waals surface area contributed by atoms with E-state index in [0.29, 0.717) is 18.2 Å². The van der Waals surface area contributed by atoms with E-state index in [0.717, 1.165) is 29.1 Å². The van der Waals surface area contributed by atoms with Crippen LogP contribution in [0.3, 0.4) is 0 Å². The van der Waals surface area contributed by atoms with Gasteiger partial charge in [0.1, 0.15) is 11.6 Å². The van der Waals surface area contributed by atoms with Gasteiger partial charge in [-0.1, -0.05) is 30.3 Å². The standard InChI is InChI=1S/C23H22F2N2O3/c1-14-11-19(15(2)27(14)13-17-7-5-4-6-8-17)23(29)30-16(3)22(28)26-21-10-9-18(24)12-20(21)25/h4-12,16H,13H2,1-3H3,(H,26,28)/t16-/m1/s1. The van der Waals surface area contributed by atoms with Crippen LogP contribution in [0.4, 0.5) is 14.5 Å². The van der Waals surface area contributed by atoms with E-state index < -0.39 is 29.6 Å². The monoisotopic (exact) mass is 412 g/mol. The van der Waals surface area contributed by atoms with E-state index in [2.05, 4.69) is 5.32 Å². The van der Waals surface area contributed by atoms with Gasteiger partial charge in [-0.2, -0.15) is 0 Å². The second kappa shape index (κ2) is 8.90. The Hall–Kier alpha value is -3.48. The Bertz CT molecular complexity index is 1080. The number of aromatic nitrogens is 1. The summed E-state index contributed by atoms with van der Waals surface area (Å²) in [7, 11) is 0. The van der Waals surface area contributed by atoms with Crippen molar-refractivity contribution in [2.45, 2.75) is 33.4 Å². The molecule has 156 valence electrons. The summed E-state index contributed by atoms with van der Waals surface area (Å²) in [6.45, 7) is 5.69. The molecule has 0 aliphatic heterocycles. The molecule has 0 fully saturated rings. The molecule has 3 aromatic rings. The van der Waals surface area contributed by atoms with Crippen LogP contribution >= 0.6 is 0 Å². The largest absolute Gasteiger partial charge is 0.449 e. The number of carbonyl (C=O) groups is 2. The van der Waals surface area contributed by atoms with Crippen LogP contribution in [0.1, 0.15) is 34.2 Å². The van der Waals surface area contributed by atoms with Gasteiger partial charge in [-0.15, -0.1) is 0 Å². The van der Waals surface area contributed by atoms with Crippen molar-refractivity contribution in [2.75, 3.05) is 5.32 Å². The van der Waals surface area contributed by atoms with Gasteiger partial charge in [-0.25, -0.2) is 13.6 Å². The Morgan fingerprint density at radius 2 is 1.77 bits per heavy atom. The summed E-state index contributed by atoms with van der Waals surface area (Å²) in [5.74, 6) is -3.03. The fourth-order valence-electron chi connectivity index (χ4n) is 3.12. The number of esters is 1. The molecule has 1 amide bonds. The summed E-state index contributed by atoms with van der Waals surface area (Å²) in [5, 5.41) is 2.29. The predicted octanol–water partition coefficient (Wildman–Crippen LogP) is 4.62. The molecule has 30 heavy (non-hydrogen) atoms. The molecule has 1 aromatic heterocycles. The van der Waals surface area contributed by atoms with E-state index >= 15 is 0 Å². The van der Waals surface area contributed by atoms with Gasteiger partial charge in [0.2, 0.25) is 0 Å². The van der Waals surface area contributed by atoms with Crippen molar-refractivity contribution in [1.82, 2.24) is 4.57 Å². The molecule has 0 saturated carbocycles. The van der Waals surface area contributed by atoms with Crippen molar-refractivity contribution in [2.24, 2.45) is 0 Å². The lowest BCUT2D eigenvalue weighted by Gasteiger charge is -2.14. The van der Waals surface area contributed by atoms with Crippen molar-refractivity contribution >= 4 is 17.6 Å². The average molecular weight is 412 g/mol. The minimum absolute atomic E-state index is 0.190. The zero-order chi connectivity index (χ0) is 21.8. The lowest BCUT2D eigenvalue weighted by Crippen LogP contribution is -2.30. The summed E-state index contributed by atoms with van der Waals surface area (Å²) in [4.78, 5) is 24.9. The summed E-state index contributed by atoms with van der Waals surface area (Å²) >= 11 is 0. The molecular formula is C23H22F2N2O3. The lowest BCUT2D eigenvalue weighted by atomic mass is 10.2. The smallest absolute Gasteiger partial charge is 0.340 e. The maximum atomic E-state index is 13.7. The third-order valence-electron chi connectivity index (χ3n) is 4.82. The molecule has 0 aliphatic carbocycles.